The Morgan fingerprint density at radius 2 is 1.94 bits per heavy atom. The summed E-state index contributed by atoms with van der Waals surface area (Å²) >= 11 is 0. The van der Waals surface area contributed by atoms with E-state index in [-0.39, 0.29) is 0 Å². The highest BCUT2D eigenvalue weighted by atomic mass is 19.1. The minimum absolute atomic E-state index is 0.630. The van der Waals surface area contributed by atoms with Gasteiger partial charge in [0.1, 0.15) is 0 Å². The highest BCUT2D eigenvalue weighted by Crippen LogP contribution is 2.08. The summed E-state index contributed by atoms with van der Waals surface area (Å²) in [5.41, 5.74) is 1.19. The van der Waals surface area contributed by atoms with Crippen molar-refractivity contribution in [3.8, 4) is 0 Å². The number of benzene rings is 1. The molecule has 0 N–H and O–H groups in total. The summed E-state index contributed by atoms with van der Waals surface area (Å²) in [7, 11) is 0. The molecular formula is C14H21FO. The lowest BCUT2D eigenvalue weighted by molar-refractivity contribution is 0.115. The minimum Gasteiger partial charge on any atom is -0.377 e. The molecule has 0 amide bonds. The number of hydrogen-bond donors (Lipinski definition) is 0. The van der Waals surface area contributed by atoms with Gasteiger partial charge in [0.15, 0.2) is 0 Å². The zero-order valence-electron chi connectivity index (χ0n) is 9.99. The molecule has 1 aromatic rings. The van der Waals surface area contributed by atoms with Crippen LogP contribution in [0.2, 0.25) is 0 Å². The van der Waals surface area contributed by atoms with Crippen molar-refractivity contribution < 1.29 is 9.13 Å². The van der Waals surface area contributed by atoms with Gasteiger partial charge in [-0.25, -0.2) is 4.39 Å². The molecule has 0 aliphatic carbocycles. The third-order valence-electron chi connectivity index (χ3n) is 2.61. The second-order valence-corrected chi connectivity index (χ2v) is 4.04. The van der Waals surface area contributed by atoms with Crippen LogP contribution in [0.1, 0.15) is 38.2 Å². The highest BCUT2D eigenvalue weighted by molar-refractivity contribution is 5.13. The van der Waals surface area contributed by atoms with Gasteiger partial charge < -0.3 is 4.74 Å². The maximum atomic E-state index is 12.9. The first-order valence-electron chi connectivity index (χ1n) is 6.08. The van der Waals surface area contributed by atoms with Gasteiger partial charge in [0.05, 0.1) is 12.8 Å². The van der Waals surface area contributed by atoms with E-state index in [1.54, 1.807) is 0 Å². The summed E-state index contributed by atoms with van der Waals surface area (Å²) < 4.78 is 18.4. The van der Waals surface area contributed by atoms with Crippen molar-refractivity contribution >= 4 is 0 Å². The average molecular weight is 224 g/mol. The van der Waals surface area contributed by atoms with Gasteiger partial charge >= 0.3 is 0 Å². The lowest BCUT2D eigenvalue weighted by atomic mass is 10.1. The molecule has 0 bridgehead atoms. The van der Waals surface area contributed by atoms with E-state index in [2.05, 4.69) is 12.1 Å². The second-order valence-electron chi connectivity index (χ2n) is 4.04. The fourth-order valence-corrected chi connectivity index (χ4v) is 1.54. The van der Waals surface area contributed by atoms with Crippen LogP contribution in [0.25, 0.3) is 0 Å². The fraction of sp³-hybridized carbons (Fsp3) is 0.571. The first kappa shape index (κ1) is 13.2. The standard InChI is InChI=1S/C14H21FO/c1-2-14(15)10-6-7-11-16-12-13-8-4-3-5-9-13/h3-5,8-9,14H,2,6-7,10-12H2,1H3. The lowest BCUT2D eigenvalue weighted by Crippen LogP contribution is -2.00. The smallest absolute Gasteiger partial charge is 0.0999 e. The van der Waals surface area contributed by atoms with Crippen molar-refractivity contribution in [2.24, 2.45) is 0 Å². The van der Waals surface area contributed by atoms with Crippen LogP contribution in [-0.4, -0.2) is 12.8 Å². The van der Waals surface area contributed by atoms with Crippen LogP contribution < -0.4 is 0 Å². The van der Waals surface area contributed by atoms with Crippen LogP contribution in [0.4, 0.5) is 4.39 Å². The van der Waals surface area contributed by atoms with E-state index in [0.717, 1.165) is 19.4 Å². The number of hydrogen-bond acceptors (Lipinski definition) is 1. The largest absolute Gasteiger partial charge is 0.377 e. The molecule has 0 aliphatic rings. The van der Waals surface area contributed by atoms with Crippen LogP contribution in [0.3, 0.4) is 0 Å². The molecule has 1 nitrogen and oxygen atoms in total. The SMILES string of the molecule is CCC(F)CCCCOCc1ccccc1. The molecule has 0 fully saturated rings. The predicted octanol–water partition coefficient (Wildman–Crippen LogP) is 4.12. The summed E-state index contributed by atoms with van der Waals surface area (Å²) in [4.78, 5) is 0. The summed E-state index contributed by atoms with van der Waals surface area (Å²) in [5.74, 6) is 0. The Kier molecular flexibility index (Phi) is 6.82. The number of ether oxygens (including phenoxy) is 1. The van der Waals surface area contributed by atoms with E-state index >= 15 is 0 Å². The Balaban J connectivity index is 1.96. The molecule has 0 aliphatic heterocycles. The Hall–Kier alpha value is -0.890. The van der Waals surface area contributed by atoms with E-state index in [9.17, 15) is 4.39 Å². The number of unbranched alkanes of at least 4 members (excludes halogenated alkanes) is 1. The van der Waals surface area contributed by atoms with Crippen LogP contribution >= 0.6 is 0 Å². The molecule has 0 spiro atoms. The summed E-state index contributed by atoms with van der Waals surface area (Å²) in [5, 5.41) is 0. The molecule has 2 heteroatoms. The normalized spacial score (nSPS) is 12.6. The summed E-state index contributed by atoms with van der Waals surface area (Å²) in [6, 6.07) is 10.1. The number of halogens is 1. The van der Waals surface area contributed by atoms with Gasteiger partial charge in [0.2, 0.25) is 0 Å². The van der Waals surface area contributed by atoms with Crippen molar-refractivity contribution in [1.82, 2.24) is 0 Å². The third kappa shape index (κ3) is 5.86. The first-order valence-corrected chi connectivity index (χ1v) is 6.08. The molecule has 1 rings (SSSR count). The van der Waals surface area contributed by atoms with Gasteiger partial charge in [-0.15, -0.1) is 0 Å². The van der Waals surface area contributed by atoms with Gasteiger partial charge in [-0.2, -0.15) is 0 Å². The molecule has 90 valence electrons. The summed E-state index contributed by atoms with van der Waals surface area (Å²) in [6.07, 6.45) is 2.54. The van der Waals surface area contributed by atoms with E-state index < -0.39 is 6.17 Å². The third-order valence-corrected chi connectivity index (χ3v) is 2.61. The minimum atomic E-state index is -0.630. The van der Waals surface area contributed by atoms with E-state index in [1.165, 1.54) is 5.56 Å². The topological polar surface area (TPSA) is 9.23 Å². The molecule has 1 unspecified atom stereocenters. The Labute approximate surface area is 97.6 Å². The summed E-state index contributed by atoms with van der Waals surface area (Å²) in [6.45, 7) is 3.27. The van der Waals surface area contributed by atoms with Gasteiger partial charge in [0.25, 0.3) is 0 Å². The van der Waals surface area contributed by atoms with Crippen molar-refractivity contribution in [3.05, 3.63) is 35.9 Å². The molecule has 1 aromatic carbocycles. The van der Waals surface area contributed by atoms with Crippen LogP contribution in [0.15, 0.2) is 30.3 Å². The molecule has 0 aromatic heterocycles. The van der Waals surface area contributed by atoms with Crippen molar-refractivity contribution in [2.75, 3.05) is 6.61 Å². The molecule has 0 radical (unpaired) electrons. The van der Waals surface area contributed by atoms with Crippen molar-refractivity contribution in [2.45, 2.75) is 45.4 Å². The second kappa shape index (κ2) is 8.28. The van der Waals surface area contributed by atoms with E-state index in [4.69, 9.17) is 4.74 Å². The molecule has 0 saturated heterocycles. The average Bonchev–Trinajstić information content (AvgIpc) is 2.34. The van der Waals surface area contributed by atoms with Gasteiger partial charge in [-0.05, 0) is 31.2 Å². The highest BCUT2D eigenvalue weighted by Gasteiger charge is 2.01. The predicted molar refractivity (Wildman–Crippen MR) is 65.1 cm³/mol. The Morgan fingerprint density at radius 1 is 1.19 bits per heavy atom. The number of alkyl halides is 1. The van der Waals surface area contributed by atoms with Crippen molar-refractivity contribution in [1.29, 1.82) is 0 Å². The molecule has 16 heavy (non-hydrogen) atoms. The zero-order chi connectivity index (χ0) is 11.6. The molecule has 0 heterocycles. The molecule has 1 atom stereocenters. The van der Waals surface area contributed by atoms with Crippen LogP contribution in [0.5, 0.6) is 0 Å². The Bertz CT molecular complexity index is 261. The lowest BCUT2D eigenvalue weighted by Gasteiger charge is -2.06. The zero-order valence-corrected chi connectivity index (χ0v) is 9.99. The Morgan fingerprint density at radius 3 is 2.62 bits per heavy atom. The van der Waals surface area contributed by atoms with Gasteiger partial charge in [-0.3, -0.25) is 0 Å². The van der Waals surface area contributed by atoms with Gasteiger partial charge in [0, 0.05) is 6.61 Å². The van der Waals surface area contributed by atoms with Gasteiger partial charge in [-0.1, -0.05) is 37.3 Å². The quantitative estimate of drug-likeness (QED) is 0.603. The molecular weight excluding hydrogens is 203 g/mol. The van der Waals surface area contributed by atoms with Crippen LogP contribution in [-0.2, 0) is 11.3 Å². The maximum absolute atomic E-state index is 12.9. The number of rotatable bonds is 8. The van der Waals surface area contributed by atoms with Crippen LogP contribution in [0, 0.1) is 0 Å². The molecule has 0 saturated carbocycles. The monoisotopic (exact) mass is 224 g/mol. The fourth-order valence-electron chi connectivity index (χ4n) is 1.54. The van der Waals surface area contributed by atoms with E-state index in [0.29, 0.717) is 19.4 Å². The van der Waals surface area contributed by atoms with Crippen molar-refractivity contribution in [3.63, 3.8) is 0 Å². The van der Waals surface area contributed by atoms with E-state index in [1.807, 2.05) is 25.1 Å². The maximum Gasteiger partial charge on any atom is 0.0999 e. The first-order chi connectivity index (χ1) is 7.83.